The van der Waals surface area contributed by atoms with E-state index in [2.05, 4.69) is 6.92 Å². The van der Waals surface area contributed by atoms with Gasteiger partial charge in [0.1, 0.15) is 5.75 Å². The topological polar surface area (TPSA) is 55.6 Å². The lowest BCUT2D eigenvalue weighted by molar-refractivity contribution is -0.135. The molecule has 4 nitrogen and oxygen atoms in total. The van der Waals surface area contributed by atoms with E-state index in [9.17, 15) is 4.79 Å². The number of nitrogen functional groups attached to an aromatic ring is 1. The third kappa shape index (κ3) is 3.89. The van der Waals surface area contributed by atoms with Crippen LogP contribution in [-0.2, 0) is 4.79 Å². The summed E-state index contributed by atoms with van der Waals surface area (Å²) in [6.07, 6.45) is 5.68. The molecule has 1 saturated heterocycles. The van der Waals surface area contributed by atoms with Crippen molar-refractivity contribution in [2.45, 2.75) is 45.1 Å². The van der Waals surface area contributed by atoms with Crippen molar-refractivity contribution in [2.75, 3.05) is 18.9 Å². The summed E-state index contributed by atoms with van der Waals surface area (Å²) in [7, 11) is 0. The third-order valence-corrected chi connectivity index (χ3v) is 3.91. The normalized spacial score (nSPS) is 19.4. The molecule has 1 unspecified atom stereocenters. The van der Waals surface area contributed by atoms with Gasteiger partial charge in [0, 0.05) is 18.3 Å². The predicted octanol–water partition coefficient (Wildman–Crippen LogP) is 2.83. The van der Waals surface area contributed by atoms with Crippen LogP contribution in [0.25, 0.3) is 0 Å². The molecule has 1 aromatic rings. The average molecular weight is 276 g/mol. The highest BCUT2D eigenvalue weighted by molar-refractivity contribution is 5.78. The second-order valence-electron chi connectivity index (χ2n) is 5.36. The van der Waals surface area contributed by atoms with Gasteiger partial charge in [-0.05, 0) is 43.5 Å². The molecular weight excluding hydrogens is 252 g/mol. The molecule has 1 atom stereocenters. The molecule has 0 saturated carbocycles. The van der Waals surface area contributed by atoms with Gasteiger partial charge in [0.05, 0.1) is 0 Å². The highest BCUT2D eigenvalue weighted by Gasteiger charge is 2.24. The van der Waals surface area contributed by atoms with Crippen LogP contribution < -0.4 is 10.5 Å². The van der Waals surface area contributed by atoms with Gasteiger partial charge in [0.2, 0.25) is 0 Å². The number of ether oxygens (including phenoxy) is 1. The molecule has 110 valence electrons. The summed E-state index contributed by atoms with van der Waals surface area (Å²) in [5, 5.41) is 0. The Morgan fingerprint density at radius 1 is 1.30 bits per heavy atom. The van der Waals surface area contributed by atoms with Crippen LogP contribution in [0.5, 0.6) is 5.75 Å². The van der Waals surface area contributed by atoms with Crippen LogP contribution in [0.2, 0.25) is 0 Å². The molecule has 1 aliphatic heterocycles. The van der Waals surface area contributed by atoms with E-state index in [1.807, 2.05) is 4.90 Å². The average Bonchev–Trinajstić information content (AvgIpc) is 2.71. The van der Waals surface area contributed by atoms with Crippen molar-refractivity contribution in [3.63, 3.8) is 0 Å². The Hall–Kier alpha value is -1.71. The first kappa shape index (κ1) is 14.7. The number of benzene rings is 1. The lowest BCUT2D eigenvalue weighted by Crippen LogP contribution is -2.42. The minimum atomic E-state index is 0.0931. The van der Waals surface area contributed by atoms with Gasteiger partial charge in [-0.15, -0.1) is 0 Å². The van der Waals surface area contributed by atoms with Crippen LogP contribution in [0.4, 0.5) is 5.69 Å². The molecule has 2 N–H and O–H groups in total. The number of anilines is 1. The van der Waals surface area contributed by atoms with Gasteiger partial charge < -0.3 is 15.4 Å². The molecule has 1 aliphatic rings. The van der Waals surface area contributed by atoms with Gasteiger partial charge >= 0.3 is 0 Å². The number of carbonyl (C=O) groups excluding carboxylic acids is 1. The Balaban J connectivity index is 1.90. The number of amides is 1. The first-order chi connectivity index (χ1) is 9.70. The summed E-state index contributed by atoms with van der Waals surface area (Å²) in [4.78, 5) is 14.3. The Bertz CT molecular complexity index is 431. The van der Waals surface area contributed by atoms with Gasteiger partial charge in [-0.1, -0.05) is 19.8 Å². The second kappa shape index (κ2) is 7.17. The molecule has 1 heterocycles. The molecule has 0 radical (unpaired) electrons. The molecule has 0 aliphatic carbocycles. The zero-order chi connectivity index (χ0) is 14.4. The fraction of sp³-hybridized carbons (Fsp3) is 0.562. The van der Waals surface area contributed by atoms with Gasteiger partial charge in [0.15, 0.2) is 6.61 Å². The van der Waals surface area contributed by atoms with Gasteiger partial charge in [0.25, 0.3) is 5.91 Å². The molecule has 0 spiro atoms. The summed E-state index contributed by atoms with van der Waals surface area (Å²) < 4.78 is 5.56. The van der Waals surface area contributed by atoms with Crippen LogP contribution >= 0.6 is 0 Å². The summed E-state index contributed by atoms with van der Waals surface area (Å²) in [6.45, 7) is 3.12. The first-order valence-corrected chi connectivity index (χ1v) is 7.48. The number of nitrogens with zero attached hydrogens (tertiary/aromatic N) is 1. The fourth-order valence-corrected chi connectivity index (χ4v) is 2.72. The minimum Gasteiger partial charge on any atom is -0.484 e. The summed E-state index contributed by atoms with van der Waals surface area (Å²) in [6, 6.07) is 7.52. The Morgan fingerprint density at radius 2 is 2.05 bits per heavy atom. The molecular formula is C16H24N2O2. The maximum absolute atomic E-state index is 12.3. The van der Waals surface area contributed by atoms with E-state index in [-0.39, 0.29) is 12.5 Å². The first-order valence-electron chi connectivity index (χ1n) is 7.48. The molecule has 0 bridgehead atoms. The van der Waals surface area contributed by atoms with Gasteiger partial charge in [-0.2, -0.15) is 0 Å². The molecule has 1 amide bonds. The Kier molecular flexibility index (Phi) is 5.27. The SMILES string of the molecule is CCC1CCCCCN1C(=O)COc1ccc(N)cc1. The van der Waals surface area contributed by atoms with Crippen molar-refractivity contribution in [3.05, 3.63) is 24.3 Å². The number of nitrogens with two attached hydrogens (primary N) is 1. The third-order valence-electron chi connectivity index (χ3n) is 3.91. The van der Waals surface area contributed by atoms with E-state index in [1.165, 1.54) is 12.8 Å². The van der Waals surface area contributed by atoms with Crippen LogP contribution in [0.3, 0.4) is 0 Å². The van der Waals surface area contributed by atoms with E-state index >= 15 is 0 Å². The van der Waals surface area contributed by atoms with E-state index in [4.69, 9.17) is 10.5 Å². The standard InChI is InChI=1S/C16H24N2O2/c1-2-14-6-4-3-5-11-18(14)16(19)12-20-15-9-7-13(17)8-10-15/h7-10,14H,2-6,11-12,17H2,1H3. The van der Waals surface area contributed by atoms with E-state index in [0.29, 0.717) is 17.5 Å². The molecule has 0 aromatic heterocycles. The zero-order valence-electron chi connectivity index (χ0n) is 12.2. The zero-order valence-corrected chi connectivity index (χ0v) is 12.2. The molecule has 1 fully saturated rings. The number of likely N-dealkylation sites (tertiary alicyclic amines) is 1. The molecule has 1 aromatic carbocycles. The molecule has 4 heteroatoms. The van der Waals surface area contributed by atoms with Crippen LogP contribution in [0, 0.1) is 0 Å². The van der Waals surface area contributed by atoms with Crippen molar-refractivity contribution in [3.8, 4) is 5.75 Å². The fourth-order valence-electron chi connectivity index (χ4n) is 2.72. The number of hydrogen-bond acceptors (Lipinski definition) is 3. The highest BCUT2D eigenvalue weighted by atomic mass is 16.5. The molecule has 2 rings (SSSR count). The van der Waals surface area contributed by atoms with Crippen LogP contribution in [0.1, 0.15) is 39.0 Å². The Labute approximate surface area is 120 Å². The van der Waals surface area contributed by atoms with Crippen molar-refractivity contribution in [2.24, 2.45) is 0 Å². The van der Waals surface area contributed by atoms with Crippen LogP contribution in [-0.4, -0.2) is 30.0 Å². The smallest absolute Gasteiger partial charge is 0.260 e. The van der Waals surface area contributed by atoms with Gasteiger partial charge in [-0.25, -0.2) is 0 Å². The van der Waals surface area contributed by atoms with E-state index in [1.54, 1.807) is 24.3 Å². The van der Waals surface area contributed by atoms with Gasteiger partial charge in [-0.3, -0.25) is 4.79 Å². The van der Waals surface area contributed by atoms with Crippen molar-refractivity contribution in [1.82, 2.24) is 4.90 Å². The number of carbonyl (C=O) groups is 1. The summed E-state index contributed by atoms with van der Waals surface area (Å²) in [5.74, 6) is 0.783. The van der Waals surface area contributed by atoms with Crippen molar-refractivity contribution >= 4 is 11.6 Å². The lowest BCUT2D eigenvalue weighted by Gasteiger charge is -2.29. The largest absolute Gasteiger partial charge is 0.484 e. The highest BCUT2D eigenvalue weighted by Crippen LogP contribution is 2.20. The number of hydrogen-bond donors (Lipinski definition) is 1. The van der Waals surface area contributed by atoms with E-state index in [0.717, 1.165) is 25.8 Å². The molecule has 20 heavy (non-hydrogen) atoms. The number of rotatable bonds is 4. The van der Waals surface area contributed by atoms with Crippen LogP contribution in [0.15, 0.2) is 24.3 Å². The second-order valence-corrected chi connectivity index (χ2v) is 5.36. The lowest BCUT2D eigenvalue weighted by atomic mass is 10.1. The summed E-state index contributed by atoms with van der Waals surface area (Å²) >= 11 is 0. The monoisotopic (exact) mass is 276 g/mol. The van der Waals surface area contributed by atoms with E-state index < -0.39 is 0 Å². The van der Waals surface area contributed by atoms with Crippen molar-refractivity contribution in [1.29, 1.82) is 0 Å². The quantitative estimate of drug-likeness (QED) is 0.860. The minimum absolute atomic E-state index is 0.0931. The maximum Gasteiger partial charge on any atom is 0.260 e. The van der Waals surface area contributed by atoms with Crippen molar-refractivity contribution < 1.29 is 9.53 Å². The summed E-state index contributed by atoms with van der Waals surface area (Å²) in [5.41, 5.74) is 6.32. The Morgan fingerprint density at radius 3 is 2.75 bits per heavy atom. The predicted molar refractivity (Wildman–Crippen MR) is 80.6 cm³/mol. The maximum atomic E-state index is 12.3.